The number of halogens is 5. The van der Waals surface area contributed by atoms with E-state index in [4.69, 9.17) is 5.11 Å². The molecule has 0 aromatic heterocycles. The van der Waals surface area contributed by atoms with Gasteiger partial charge in [0.25, 0.3) is 0 Å². The Hall–Kier alpha value is -1.67. The van der Waals surface area contributed by atoms with Gasteiger partial charge in [-0.15, -0.1) is 0 Å². The van der Waals surface area contributed by atoms with E-state index >= 15 is 0 Å². The number of carbonyl (C=O) groups excluding carboxylic acids is 1. The molecule has 0 rings (SSSR count). The molecule has 116 valence electrons. The molecule has 4 nitrogen and oxygen atoms in total. The number of hydrogen-bond acceptors (Lipinski definition) is 3. The van der Waals surface area contributed by atoms with Gasteiger partial charge in [-0.05, 0) is 5.92 Å². The van der Waals surface area contributed by atoms with Crippen molar-refractivity contribution in [2.24, 2.45) is 5.92 Å². The number of ether oxygens (including phenoxy) is 1. The first-order valence-corrected chi connectivity index (χ1v) is 5.43. The largest absolute Gasteiger partial charge is 0.478 e. The van der Waals surface area contributed by atoms with Gasteiger partial charge in [-0.25, -0.2) is 9.59 Å². The Morgan fingerprint density at radius 2 is 1.65 bits per heavy atom. The van der Waals surface area contributed by atoms with Crippen molar-refractivity contribution in [3.8, 4) is 0 Å². The Labute approximate surface area is 111 Å². The van der Waals surface area contributed by atoms with Gasteiger partial charge >= 0.3 is 24.0 Å². The molecule has 0 saturated heterocycles. The van der Waals surface area contributed by atoms with Gasteiger partial charge in [-0.2, -0.15) is 22.0 Å². The van der Waals surface area contributed by atoms with E-state index in [2.05, 4.69) is 4.74 Å². The van der Waals surface area contributed by atoms with Crippen LogP contribution in [0.5, 0.6) is 0 Å². The van der Waals surface area contributed by atoms with Crippen LogP contribution >= 0.6 is 0 Å². The standard InChI is InChI=1S/C11H13F5O4/c1-6(2)7(5-10(12,13)11(14,15)16)20-9(19)4-3-8(17)18/h3-4,6-7H,5H2,1-2H3,(H,17,18)/b4-3+. The van der Waals surface area contributed by atoms with Crippen molar-refractivity contribution in [2.75, 3.05) is 0 Å². The second kappa shape index (κ2) is 6.67. The molecule has 0 amide bonds. The number of hydrogen-bond donors (Lipinski definition) is 1. The van der Waals surface area contributed by atoms with Crippen LogP contribution in [0.1, 0.15) is 20.3 Å². The lowest BCUT2D eigenvalue weighted by Gasteiger charge is -2.27. The maximum Gasteiger partial charge on any atom is 0.453 e. The summed E-state index contributed by atoms with van der Waals surface area (Å²) in [6.07, 6.45) is -8.34. The van der Waals surface area contributed by atoms with Crippen LogP contribution in [0.2, 0.25) is 0 Å². The first-order chi connectivity index (χ1) is 8.86. The van der Waals surface area contributed by atoms with E-state index in [1.807, 2.05) is 0 Å². The van der Waals surface area contributed by atoms with Gasteiger partial charge in [0.15, 0.2) is 0 Å². The van der Waals surface area contributed by atoms with Crippen molar-refractivity contribution in [1.82, 2.24) is 0 Å². The molecular formula is C11H13F5O4. The summed E-state index contributed by atoms with van der Waals surface area (Å²) >= 11 is 0. The fourth-order valence-corrected chi connectivity index (χ4v) is 1.11. The quantitative estimate of drug-likeness (QED) is 0.465. The van der Waals surface area contributed by atoms with Gasteiger partial charge < -0.3 is 9.84 Å². The van der Waals surface area contributed by atoms with Crippen LogP contribution in [-0.4, -0.2) is 35.2 Å². The van der Waals surface area contributed by atoms with Gasteiger partial charge in [-0.3, -0.25) is 0 Å². The molecule has 1 unspecified atom stereocenters. The predicted octanol–water partition coefficient (Wildman–Crippen LogP) is 2.78. The fraction of sp³-hybridized carbons (Fsp3) is 0.636. The highest BCUT2D eigenvalue weighted by Gasteiger charge is 2.58. The predicted molar refractivity (Wildman–Crippen MR) is 57.1 cm³/mol. The minimum absolute atomic E-state index is 0.390. The normalized spacial score (nSPS) is 14.6. The summed E-state index contributed by atoms with van der Waals surface area (Å²) in [7, 11) is 0. The highest BCUT2D eigenvalue weighted by Crippen LogP contribution is 2.40. The smallest absolute Gasteiger partial charge is 0.453 e. The van der Waals surface area contributed by atoms with E-state index in [0.29, 0.717) is 12.2 Å². The van der Waals surface area contributed by atoms with Gasteiger partial charge in [0.05, 0.1) is 6.42 Å². The molecule has 0 saturated carbocycles. The molecule has 1 N–H and O–H groups in total. The molecule has 0 heterocycles. The van der Waals surface area contributed by atoms with Crippen molar-refractivity contribution in [2.45, 2.75) is 38.5 Å². The summed E-state index contributed by atoms with van der Waals surface area (Å²) in [6.45, 7) is 2.59. The van der Waals surface area contributed by atoms with Crippen LogP contribution in [0.15, 0.2) is 12.2 Å². The Morgan fingerprint density at radius 1 is 1.15 bits per heavy atom. The van der Waals surface area contributed by atoms with E-state index < -0.39 is 42.5 Å². The molecule has 20 heavy (non-hydrogen) atoms. The minimum atomic E-state index is -5.75. The molecule has 0 aromatic carbocycles. The summed E-state index contributed by atoms with van der Waals surface area (Å²) in [5.41, 5.74) is 0. The van der Waals surface area contributed by atoms with Crippen LogP contribution in [0.4, 0.5) is 22.0 Å². The monoisotopic (exact) mass is 304 g/mol. The van der Waals surface area contributed by atoms with Crippen molar-refractivity contribution in [3.05, 3.63) is 12.2 Å². The molecular weight excluding hydrogens is 291 g/mol. The van der Waals surface area contributed by atoms with E-state index in [1.165, 1.54) is 13.8 Å². The van der Waals surface area contributed by atoms with Gasteiger partial charge in [-0.1, -0.05) is 13.8 Å². The number of esters is 1. The average molecular weight is 304 g/mol. The van der Waals surface area contributed by atoms with E-state index in [-0.39, 0.29) is 0 Å². The third kappa shape index (κ3) is 5.98. The zero-order valence-corrected chi connectivity index (χ0v) is 10.6. The van der Waals surface area contributed by atoms with Gasteiger partial charge in [0.2, 0.25) is 0 Å². The van der Waals surface area contributed by atoms with Crippen LogP contribution in [0.25, 0.3) is 0 Å². The number of rotatable bonds is 6. The third-order valence-electron chi connectivity index (χ3n) is 2.25. The van der Waals surface area contributed by atoms with Gasteiger partial charge in [0, 0.05) is 12.2 Å². The first kappa shape index (κ1) is 18.3. The van der Waals surface area contributed by atoms with Crippen molar-refractivity contribution in [1.29, 1.82) is 0 Å². The Morgan fingerprint density at radius 3 is 2.00 bits per heavy atom. The topological polar surface area (TPSA) is 63.6 Å². The molecule has 1 atom stereocenters. The Kier molecular flexibility index (Phi) is 6.11. The van der Waals surface area contributed by atoms with Crippen molar-refractivity contribution < 1.29 is 41.4 Å². The van der Waals surface area contributed by atoms with Crippen molar-refractivity contribution in [3.63, 3.8) is 0 Å². The third-order valence-corrected chi connectivity index (χ3v) is 2.25. The lowest BCUT2D eigenvalue weighted by atomic mass is 10.00. The lowest BCUT2D eigenvalue weighted by Crippen LogP contribution is -2.42. The highest BCUT2D eigenvalue weighted by molar-refractivity contribution is 5.90. The molecule has 0 spiro atoms. The molecule has 0 aliphatic rings. The zero-order valence-electron chi connectivity index (χ0n) is 10.6. The Balaban J connectivity index is 4.84. The Bertz CT molecular complexity index is 387. The maximum atomic E-state index is 12.9. The lowest BCUT2D eigenvalue weighted by molar-refractivity contribution is -0.291. The van der Waals surface area contributed by atoms with Crippen LogP contribution in [0, 0.1) is 5.92 Å². The SMILES string of the molecule is CC(C)C(CC(F)(F)C(F)(F)F)OC(=O)/C=C/C(=O)O. The van der Waals surface area contributed by atoms with Crippen LogP contribution in [0.3, 0.4) is 0 Å². The zero-order chi connectivity index (χ0) is 16.1. The van der Waals surface area contributed by atoms with E-state index in [0.717, 1.165) is 0 Å². The number of carboxylic acid groups (broad SMARTS) is 1. The number of carboxylic acids is 1. The summed E-state index contributed by atoms with van der Waals surface area (Å²) in [6, 6.07) is 0. The fourth-order valence-electron chi connectivity index (χ4n) is 1.11. The highest BCUT2D eigenvalue weighted by atomic mass is 19.4. The molecule has 9 heteroatoms. The first-order valence-electron chi connectivity index (χ1n) is 5.43. The molecule has 0 fully saturated rings. The second-order valence-electron chi connectivity index (χ2n) is 4.30. The maximum absolute atomic E-state index is 12.9. The summed E-state index contributed by atoms with van der Waals surface area (Å²) in [5.74, 6) is -8.59. The minimum Gasteiger partial charge on any atom is -0.478 e. The summed E-state index contributed by atoms with van der Waals surface area (Å²) in [5, 5.41) is 8.24. The summed E-state index contributed by atoms with van der Waals surface area (Å²) < 4.78 is 66.4. The molecule has 0 bridgehead atoms. The van der Waals surface area contributed by atoms with Crippen LogP contribution < -0.4 is 0 Å². The molecule has 0 radical (unpaired) electrons. The second-order valence-corrected chi connectivity index (χ2v) is 4.30. The molecule has 0 aliphatic heterocycles. The average Bonchev–Trinajstić information content (AvgIpc) is 2.23. The molecule has 0 aromatic rings. The molecule has 0 aliphatic carbocycles. The number of aliphatic carboxylic acids is 1. The number of carbonyl (C=O) groups is 2. The summed E-state index contributed by atoms with van der Waals surface area (Å²) in [4.78, 5) is 21.2. The van der Waals surface area contributed by atoms with E-state index in [9.17, 15) is 31.5 Å². The number of alkyl halides is 5. The van der Waals surface area contributed by atoms with E-state index in [1.54, 1.807) is 0 Å². The van der Waals surface area contributed by atoms with Gasteiger partial charge in [0.1, 0.15) is 6.10 Å². The van der Waals surface area contributed by atoms with Crippen LogP contribution in [-0.2, 0) is 14.3 Å². The van der Waals surface area contributed by atoms with Crippen molar-refractivity contribution >= 4 is 11.9 Å².